The average Bonchev–Trinajstić information content (AvgIpc) is 3.02. The molecule has 0 fully saturated rings. The van der Waals surface area contributed by atoms with Crippen molar-refractivity contribution in [3.8, 4) is 17.0 Å². The fourth-order valence-corrected chi connectivity index (χ4v) is 2.77. The van der Waals surface area contributed by atoms with Crippen LogP contribution in [0.4, 0.5) is 9.52 Å². The Morgan fingerprint density at radius 1 is 1.26 bits per heavy atom. The Morgan fingerprint density at radius 3 is 2.78 bits per heavy atom. The Morgan fingerprint density at radius 2 is 2.04 bits per heavy atom. The fraction of sp³-hybridized carbons (Fsp3) is 0. The molecule has 0 amide bonds. The molecule has 0 saturated carbocycles. The lowest BCUT2D eigenvalue weighted by molar-refractivity contribution is 0.432. The van der Waals surface area contributed by atoms with Crippen molar-refractivity contribution in [2.45, 2.75) is 0 Å². The molecule has 3 aromatic rings. The molecular formula is C16H11ClFN3OS. The number of halogens is 2. The predicted molar refractivity (Wildman–Crippen MR) is 91.8 cm³/mol. The van der Waals surface area contributed by atoms with E-state index >= 15 is 0 Å². The highest BCUT2D eigenvalue weighted by Crippen LogP contribution is 2.27. The number of benzene rings is 2. The first-order valence-electron chi connectivity index (χ1n) is 6.61. The van der Waals surface area contributed by atoms with E-state index < -0.39 is 11.6 Å². The van der Waals surface area contributed by atoms with Crippen molar-refractivity contribution < 1.29 is 9.50 Å². The standard InChI is InChI=1S/C16H11ClFN3OS/c17-12-6-10(7-13(18)15(12)22)8-19-21-16-20-14(9-23-16)11-4-2-1-3-5-11/h1-9,22H,(H,20,21). The Hall–Kier alpha value is -2.44. The third-order valence-corrected chi connectivity index (χ3v) is 4.02. The summed E-state index contributed by atoms with van der Waals surface area (Å²) >= 11 is 7.12. The highest BCUT2D eigenvalue weighted by atomic mass is 35.5. The first-order valence-corrected chi connectivity index (χ1v) is 7.87. The number of anilines is 1. The van der Waals surface area contributed by atoms with E-state index in [9.17, 15) is 9.50 Å². The van der Waals surface area contributed by atoms with Gasteiger partial charge in [-0.2, -0.15) is 5.10 Å². The van der Waals surface area contributed by atoms with Crippen LogP contribution < -0.4 is 5.43 Å². The van der Waals surface area contributed by atoms with Crippen LogP contribution in [0.5, 0.6) is 5.75 Å². The molecule has 0 spiro atoms. The van der Waals surface area contributed by atoms with Gasteiger partial charge in [-0.05, 0) is 17.7 Å². The van der Waals surface area contributed by atoms with Crippen molar-refractivity contribution in [3.63, 3.8) is 0 Å². The van der Waals surface area contributed by atoms with Crippen molar-refractivity contribution in [2.75, 3.05) is 5.43 Å². The first kappa shape index (κ1) is 15.5. The number of phenolic OH excluding ortho intramolecular Hbond substituents is 1. The van der Waals surface area contributed by atoms with E-state index in [1.165, 1.54) is 23.6 Å². The second-order valence-corrected chi connectivity index (χ2v) is 5.87. The minimum Gasteiger partial charge on any atom is -0.504 e. The number of nitrogens with zero attached hydrogens (tertiary/aromatic N) is 2. The minimum absolute atomic E-state index is 0.0629. The molecule has 2 N–H and O–H groups in total. The fourth-order valence-electron chi connectivity index (χ4n) is 1.89. The average molecular weight is 348 g/mol. The Labute approximate surface area is 140 Å². The molecule has 0 aliphatic heterocycles. The zero-order valence-electron chi connectivity index (χ0n) is 11.7. The smallest absolute Gasteiger partial charge is 0.203 e. The SMILES string of the molecule is Oc1c(F)cc(C=NNc2nc(-c3ccccc3)cs2)cc1Cl. The summed E-state index contributed by atoms with van der Waals surface area (Å²) in [6, 6.07) is 12.4. The summed E-state index contributed by atoms with van der Waals surface area (Å²) in [5.41, 5.74) is 5.09. The molecule has 0 aliphatic carbocycles. The molecule has 2 aromatic carbocycles. The summed E-state index contributed by atoms with van der Waals surface area (Å²) in [5.74, 6) is -1.36. The highest BCUT2D eigenvalue weighted by molar-refractivity contribution is 7.14. The van der Waals surface area contributed by atoms with Gasteiger partial charge in [0.2, 0.25) is 5.13 Å². The van der Waals surface area contributed by atoms with E-state index in [1.807, 2.05) is 35.7 Å². The molecule has 23 heavy (non-hydrogen) atoms. The van der Waals surface area contributed by atoms with E-state index in [-0.39, 0.29) is 5.02 Å². The van der Waals surface area contributed by atoms with Crippen LogP contribution in [0, 0.1) is 5.82 Å². The van der Waals surface area contributed by atoms with Gasteiger partial charge in [-0.3, -0.25) is 5.43 Å². The molecule has 7 heteroatoms. The lowest BCUT2D eigenvalue weighted by atomic mass is 10.2. The van der Waals surface area contributed by atoms with E-state index in [4.69, 9.17) is 11.6 Å². The maximum Gasteiger partial charge on any atom is 0.203 e. The molecular weight excluding hydrogens is 337 g/mol. The summed E-state index contributed by atoms with van der Waals surface area (Å²) in [7, 11) is 0. The molecule has 4 nitrogen and oxygen atoms in total. The van der Waals surface area contributed by atoms with Crippen molar-refractivity contribution in [1.82, 2.24) is 4.98 Å². The number of nitrogens with one attached hydrogen (secondary N) is 1. The normalized spacial score (nSPS) is 11.0. The van der Waals surface area contributed by atoms with Gasteiger partial charge in [-0.25, -0.2) is 9.37 Å². The number of thiazole rings is 1. The van der Waals surface area contributed by atoms with E-state index in [0.717, 1.165) is 17.3 Å². The topological polar surface area (TPSA) is 57.5 Å². The third-order valence-electron chi connectivity index (χ3n) is 2.99. The van der Waals surface area contributed by atoms with Gasteiger partial charge in [0.05, 0.1) is 16.9 Å². The Bertz CT molecular complexity index is 829. The number of phenols is 1. The van der Waals surface area contributed by atoms with Gasteiger partial charge in [0.1, 0.15) is 0 Å². The van der Waals surface area contributed by atoms with Gasteiger partial charge in [-0.1, -0.05) is 41.9 Å². The van der Waals surface area contributed by atoms with Crippen molar-refractivity contribution >= 4 is 34.3 Å². The number of rotatable bonds is 4. The van der Waals surface area contributed by atoms with Gasteiger partial charge >= 0.3 is 0 Å². The minimum atomic E-state index is -0.792. The molecule has 1 aromatic heterocycles. The monoisotopic (exact) mass is 347 g/mol. The maximum atomic E-state index is 13.4. The van der Waals surface area contributed by atoms with Gasteiger partial charge in [-0.15, -0.1) is 11.3 Å². The summed E-state index contributed by atoms with van der Waals surface area (Å²) in [6.07, 6.45) is 1.40. The maximum absolute atomic E-state index is 13.4. The van der Waals surface area contributed by atoms with Crippen LogP contribution in [0.3, 0.4) is 0 Å². The van der Waals surface area contributed by atoms with Gasteiger partial charge in [0.25, 0.3) is 0 Å². The Kier molecular flexibility index (Phi) is 4.55. The van der Waals surface area contributed by atoms with Crippen LogP contribution >= 0.6 is 22.9 Å². The van der Waals surface area contributed by atoms with Gasteiger partial charge in [0, 0.05) is 10.9 Å². The number of aromatic nitrogens is 1. The quantitative estimate of drug-likeness (QED) is 0.528. The molecule has 1 heterocycles. The van der Waals surface area contributed by atoms with Crippen molar-refractivity contribution in [1.29, 1.82) is 0 Å². The zero-order chi connectivity index (χ0) is 16.2. The van der Waals surface area contributed by atoms with Crippen LogP contribution in [0.2, 0.25) is 5.02 Å². The van der Waals surface area contributed by atoms with Crippen LogP contribution in [-0.2, 0) is 0 Å². The predicted octanol–water partition coefficient (Wildman–Crippen LogP) is 4.75. The number of hydrogen-bond acceptors (Lipinski definition) is 5. The summed E-state index contributed by atoms with van der Waals surface area (Å²) in [6.45, 7) is 0. The molecule has 0 radical (unpaired) electrons. The number of hydrazone groups is 1. The highest BCUT2D eigenvalue weighted by Gasteiger charge is 2.07. The molecule has 0 unspecified atom stereocenters. The molecule has 0 aliphatic rings. The summed E-state index contributed by atoms with van der Waals surface area (Å²) in [4.78, 5) is 4.41. The van der Waals surface area contributed by atoms with Crippen LogP contribution in [0.25, 0.3) is 11.3 Å². The van der Waals surface area contributed by atoms with Crippen LogP contribution in [0.1, 0.15) is 5.56 Å². The lowest BCUT2D eigenvalue weighted by Gasteiger charge is -2.00. The van der Waals surface area contributed by atoms with Gasteiger partial charge < -0.3 is 5.11 Å². The lowest BCUT2D eigenvalue weighted by Crippen LogP contribution is -1.91. The molecule has 0 bridgehead atoms. The van der Waals surface area contributed by atoms with Crippen LogP contribution in [-0.4, -0.2) is 16.3 Å². The van der Waals surface area contributed by atoms with E-state index in [1.54, 1.807) is 0 Å². The Balaban J connectivity index is 1.70. The third kappa shape index (κ3) is 3.67. The van der Waals surface area contributed by atoms with Crippen molar-refractivity contribution in [3.05, 3.63) is 64.2 Å². The molecule has 116 valence electrons. The van der Waals surface area contributed by atoms with Crippen molar-refractivity contribution in [2.24, 2.45) is 5.10 Å². The summed E-state index contributed by atoms with van der Waals surface area (Å²) in [5, 5.41) is 15.7. The second kappa shape index (κ2) is 6.76. The largest absolute Gasteiger partial charge is 0.504 e. The van der Waals surface area contributed by atoms with Crippen LogP contribution in [0.15, 0.2) is 52.9 Å². The van der Waals surface area contributed by atoms with E-state index in [2.05, 4.69) is 15.5 Å². The molecule has 3 rings (SSSR count). The molecule has 0 atom stereocenters. The second-order valence-electron chi connectivity index (χ2n) is 4.61. The summed E-state index contributed by atoms with van der Waals surface area (Å²) < 4.78 is 13.4. The van der Waals surface area contributed by atoms with E-state index in [0.29, 0.717) is 10.7 Å². The number of hydrogen-bond donors (Lipinski definition) is 2. The zero-order valence-corrected chi connectivity index (χ0v) is 13.3. The number of aromatic hydroxyl groups is 1. The first-order chi connectivity index (χ1) is 11.1. The van der Waals surface area contributed by atoms with Gasteiger partial charge in [0.15, 0.2) is 11.6 Å². The molecule has 0 saturated heterocycles.